The molecule has 0 radical (unpaired) electrons. The van der Waals surface area contributed by atoms with Gasteiger partial charge in [0, 0.05) is 30.8 Å². The van der Waals surface area contributed by atoms with E-state index in [2.05, 4.69) is 27.1 Å². The monoisotopic (exact) mass is 217 g/mol. The lowest BCUT2D eigenvalue weighted by atomic mass is 10.0. The molecule has 84 valence electrons. The smallest absolute Gasteiger partial charge is 0.236 e. The molecule has 1 N–H and O–H groups in total. The molecule has 1 aromatic heterocycles. The molecule has 1 aliphatic heterocycles. The summed E-state index contributed by atoms with van der Waals surface area (Å²) in [7, 11) is 0. The van der Waals surface area contributed by atoms with E-state index >= 15 is 0 Å². The maximum absolute atomic E-state index is 8.55. The third kappa shape index (κ3) is 1.97. The quantitative estimate of drug-likeness (QED) is 0.592. The van der Waals surface area contributed by atoms with E-state index in [0.717, 1.165) is 37.4 Å². The van der Waals surface area contributed by atoms with Gasteiger partial charge in [0.1, 0.15) is 0 Å². The van der Waals surface area contributed by atoms with E-state index in [1.807, 2.05) is 13.1 Å². The van der Waals surface area contributed by atoms with Crippen LogP contribution in [0.25, 0.3) is 0 Å². The minimum Gasteiger partial charge on any atom is -0.299 e. The molecule has 0 fully saturated rings. The number of fused-ring (bicyclic) bond motifs is 1. The maximum Gasteiger partial charge on any atom is 0.236 e. The van der Waals surface area contributed by atoms with Gasteiger partial charge in [-0.05, 0) is 13.5 Å². The highest BCUT2D eigenvalue weighted by Gasteiger charge is 2.19. The van der Waals surface area contributed by atoms with Crippen LogP contribution in [0.5, 0.6) is 0 Å². The second-order valence-electron chi connectivity index (χ2n) is 3.91. The molecule has 2 heterocycles. The van der Waals surface area contributed by atoms with Crippen molar-refractivity contribution in [3.8, 4) is 6.19 Å². The number of aryl methyl sites for hydroxylation is 1. The zero-order valence-electron chi connectivity index (χ0n) is 9.62. The molecule has 5 heteroatoms. The molecule has 0 bridgehead atoms. The van der Waals surface area contributed by atoms with Crippen LogP contribution >= 0.6 is 0 Å². The third-order valence-electron chi connectivity index (χ3n) is 2.96. The highest BCUT2D eigenvalue weighted by atomic mass is 15.1. The minimum absolute atomic E-state index is 0.420. The first-order chi connectivity index (χ1) is 7.74. The highest BCUT2D eigenvalue weighted by Crippen LogP contribution is 2.20. The Morgan fingerprint density at radius 1 is 1.50 bits per heavy atom. The number of nitrogens with zero attached hydrogens (tertiary/aromatic N) is 4. The predicted molar refractivity (Wildman–Crippen MR) is 60.7 cm³/mol. The first-order valence-corrected chi connectivity index (χ1v) is 5.48. The standard InChI is InChI=1S/C11H15N5/c1-3-16-5-4-10-9(6-16)8(2)14-11(15-10)13-7-12/h3-6H2,1-2H3,(H,13,14,15). The van der Waals surface area contributed by atoms with Gasteiger partial charge in [-0.1, -0.05) is 6.92 Å². The van der Waals surface area contributed by atoms with Crippen LogP contribution in [0.3, 0.4) is 0 Å². The van der Waals surface area contributed by atoms with E-state index in [1.54, 1.807) is 0 Å². The van der Waals surface area contributed by atoms with Crippen LogP contribution in [-0.2, 0) is 13.0 Å². The van der Waals surface area contributed by atoms with Gasteiger partial charge < -0.3 is 0 Å². The van der Waals surface area contributed by atoms with Gasteiger partial charge in [0.05, 0.1) is 5.69 Å². The van der Waals surface area contributed by atoms with E-state index in [-0.39, 0.29) is 0 Å². The molecule has 5 nitrogen and oxygen atoms in total. The van der Waals surface area contributed by atoms with Crippen molar-refractivity contribution in [1.29, 1.82) is 5.26 Å². The van der Waals surface area contributed by atoms with E-state index in [4.69, 9.17) is 5.26 Å². The summed E-state index contributed by atoms with van der Waals surface area (Å²) in [5.41, 5.74) is 3.27. The van der Waals surface area contributed by atoms with Gasteiger partial charge >= 0.3 is 0 Å². The molecule has 16 heavy (non-hydrogen) atoms. The second kappa shape index (κ2) is 4.45. The van der Waals surface area contributed by atoms with E-state index < -0.39 is 0 Å². The van der Waals surface area contributed by atoms with Gasteiger partial charge in [-0.2, -0.15) is 5.26 Å². The fourth-order valence-electron chi connectivity index (χ4n) is 2.01. The lowest BCUT2D eigenvalue weighted by molar-refractivity contribution is 0.264. The Labute approximate surface area is 95.1 Å². The number of nitriles is 1. The Kier molecular flexibility index (Phi) is 3.02. The lowest BCUT2D eigenvalue weighted by Crippen LogP contribution is -2.31. The van der Waals surface area contributed by atoms with E-state index in [0.29, 0.717) is 5.95 Å². The maximum atomic E-state index is 8.55. The van der Waals surface area contributed by atoms with Crippen molar-refractivity contribution in [1.82, 2.24) is 14.9 Å². The fraction of sp³-hybridized carbons (Fsp3) is 0.545. The largest absolute Gasteiger partial charge is 0.299 e. The number of hydrogen-bond donors (Lipinski definition) is 1. The molecular formula is C11H15N5. The van der Waals surface area contributed by atoms with Crippen LogP contribution in [0.2, 0.25) is 0 Å². The topological polar surface area (TPSA) is 64.8 Å². The first-order valence-electron chi connectivity index (χ1n) is 5.48. The Morgan fingerprint density at radius 2 is 2.31 bits per heavy atom. The number of likely N-dealkylation sites (N-methyl/N-ethyl adjacent to an activating group) is 1. The van der Waals surface area contributed by atoms with Crippen LogP contribution in [0.4, 0.5) is 5.95 Å². The predicted octanol–water partition coefficient (Wildman–Crippen LogP) is 1.06. The van der Waals surface area contributed by atoms with Crippen molar-refractivity contribution >= 4 is 5.95 Å². The molecule has 1 aromatic rings. The summed E-state index contributed by atoms with van der Waals surface area (Å²) >= 11 is 0. The third-order valence-corrected chi connectivity index (χ3v) is 2.96. The normalized spacial score (nSPS) is 15.3. The average Bonchev–Trinajstić information content (AvgIpc) is 2.29. The van der Waals surface area contributed by atoms with Crippen molar-refractivity contribution in [2.24, 2.45) is 0 Å². The summed E-state index contributed by atoms with van der Waals surface area (Å²) in [5.74, 6) is 0.420. The Hall–Kier alpha value is -1.67. The molecular weight excluding hydrogens is 202 g/mol. The molecule has 0 amide bonds. The van der Waals surface area contributed by atoms with Gasteiger partial charge in [-0.25, -0.2) is 9.97 Å². The Morgan fingerprint density at radius 3 is 3.00 bits per heavy atom. The summed E-state index contributed by atoms with van der Waals surface area (Å²) in [6.07, 6.45) is 2.79. The van der Waals surface area contributed by atoms with Gasteiger partial charge in [0.2, 0.25) is 5.95 Å². The number of aromatic nitrogens is 2. The number of nitrogens with one attached hydrogen (secondary N) is 1. The summed E-state index contributed by atoms with van der Waals surface area (Å²) in [5, 5.41) is 11.0. The number of hydrogen-bond acceptors (Lipinski definition) is 5. The number of anilines is 1. The number of rotatable bonds is 2. The van der Waals surface area contributed by atoms with Crippen molar-refractivity contribution in [3.05, 3.63) is 17.0 Å². The van der Waals surface area contributed by atoms with Crippen LogP contribution in [0.15, 0.2) is 0 Å². The van der Waals surface area contributed by atoms with Gasteiger partial charge in [-0.3, -0.25) is 10.2 Å². The summed E-state index contributed by atoms with van der Waals surface area (Å²) in [4.78, 5) is 11.0. The van der Waals surface area contributed by atoms with E-state index in [9.17, 15) is 0 Å². The first kappa shape index (κ1) is 10.8. The molecule has 0 spiro atoms. The van der Waals surface area contributed by atoms with Gasteiger partial charge in [0.15, 0.2) is 6.19 Å². The Bertz CT molecular complexity index is 435. The molecule has 0 aromatic carbocycles. The van der Waals surface area contributed by atoms with Crippen molar-refractivity contribution in [3.63, 3.8) is 0 Å². The fourth-order valence-corrected chi connectivity index (χ4v) is 2.01. The van der Waals surface area contributed by atoms with Crippen molar-refractivity contribution < 1.29 is 0 Å². The SMILES string of the molecule is CCN1CCc2nc(NC#N)nc(C)c2C1. The molecule has 0 aliphatic carbocycles. The summed E-state index contributed by atoms with van der Waals surface area (Å²) < 4.78 is 0. The molecule has 1 aliphatic rings. The van der Waals surface area contributed by atoms with E-state index in [1.165, 1.54) is 5.56 Å². The lowest BCUT2D eigenvalue weighted by Gasteiger charge is -2.27. The van der Waals surface area contributed by atoms with Crippen LogP contribution in [-0.4, -0.2) is 28.0 Å². The summed E-state index contributed by atoms with van der Waals surface area (Å²) in [6, 6.07) is 0. The zero-order chi connectivity index (χ0) is 11.5. The van der Waals surface area contributed by atoms with Crippen LogP contribution in [0, 0.1) is 18.4 Å². The molecule has 0 saturated carbocycles. The van der Waals surface area contributed by atoms with Crippen molar-refractivity contribution in [2.45, 2.75) is 26.8 Å². The molecule has 2 rings (SSSR count). The highest BCUT2D eigenvalue weighted by molar-refractivity contribution is 5.37. The summed E-state index contributed by atoms with van der Waals surface area (Å²) in [6.45, 7) is 7.14. The molecule has 0 atom stereocenters. The molecule has 0 unspecified atom stereocenters. The van der Waals surface area contributed by atoms with Crippen molar-refractivity contribution in [2.75, 3.05) is 18.4 Å². The van der Waals surface area contributed by atoms with Gasteiger partial charge in [-0.15, -0.1) is 0 Å². The van der Waals surface area contributed by atoms with Crippen LogP contribution < -0.4 is 5.32 Å². The average molecular weight is 217 g/mol. The van der Waals surface area contributed by atoms with Gasteiger partial charge in [0.25, 0.3) is 0 Å². The molecule has 0 saturated heterocycles. The Balaban J connectivity index is 2.33. The minimum atomic E-state index is 0.420. The zero-order valence-corrected chi connectivity index (χ0v) is 9.62. The second-order valence-corrected chi connectivity index (χ2v) is 3.91. The van der Waals surface area contributed by atoms with Crippen LogP contribution in [0.1, 0.15) is 23.9 Å².